The summed E-state index contributed by atoms with van der Waals surface area (Å²) in [6.45, 7) is 0. The molecule has 12 heteroatoms. The van der Waals surface area contributed by atoms with Crippen LogP contribution in [0.25, 0.3) is 11.1 Å². The number of hydrogen-bond donors (Lipinski definition) is 0. The van der Waals surface area contributed by atoms with Crippen molar-refractivity contribution in [3.05, 3.63) is 78.9 Å². The van der Waals surface area contributed by atoms with Gasteiger partial charge in [0.05, 0.1) is 0 Å². The standard InChI is InChI=1S/C22H13F9O2Si/c23-19(24,20(25,26)21(27,28)22(29,30)31)18(12-10-16(32)11-13-18)33-34-17-8-6-15(7-9-17)14-4-2-1-3-5-14/h1-13H. The molecule has 0 bridgehead atoms. The van der Waals surface area contributed by atoms with Gasteiger partial charge in [0.2, 0.25) is 0 Å². The Bertz CT molecular complexity index is 1080. The van der Waals surface area contributed by atoms with Gasteiger partial charge < -0.3 is 4.43 Å². The van der Waals surface area contributed by atoms with Crippen molar-refractivity contribution in [3.8, 4) is 11.1 Å². The first-order valence-corrected chi connectivity index (χ1v) is 10.3. The van der Waals surface area contributed by atoms with Crippen molar-refractivity contribution in [1.29, 1.82) is 0 Å². The third-order valence-corrected chi connectivity index (χ3v) is 5.96. The van der Waals surface area contributed by atoms with Gasteiger partial charge in [-0.2, -0.15) is 39.5 Å². The Hall–Kier alpha value is -2.86. The first kappa shape index (κ1) is 25.8. The molecule has 0 aliphatic heterocycles. The van der Waals surface area contributed by atoms with E-state index in [0.717, 1.165) is 5.56 Å². The Morgan fingerprint density at radius 2 is 1.18 bits per heavy atom. The Morgan fingerprint density at radius 1 is 0.676 bits per heavy atom. The van der Waals surface area contributed by atoms with E-state index < -0.39 is 45.1 Å². The van der Waals surface area contributed by atoms with Crippen LogP contribution >= 0.6 is 0 Å². The lowest BCUT2D eigenvalue weighted by atomic mass is 9.84. The molecule has 2 nitrogen and oxygen atoms in total. The number of hydrogen-bond acceptors (Lipinski definition) is 2. The number of alkyl halides is 9. The summed E-state index contributed by atoms with van der Waals surface area (Å²) in [6.07, 6.45) is -6.20. The Labute approximate surface area is 189 Å². The van der Waals surface area contributed by atoms with Crippen molar-refractivity contribution in [2.75, 3.05) is 0 Å². The minimum atomic E-state index is -7.09. The SMILES string of the molecule is O=C1C=CC(O[Si]c2ccc(-c3ccccc3)cc2)(C(F)(F)C(F)(F)C(F)(F)C(F)(F)F)C=C1. The largest absolute Gasteiger partial charge is 0.460 e. The summed E-state index contributed by atoms with van der Waals surface area (Å²) in [5.74, 6) is -21.1. The van der Waals surface area contributed by atoms with Crippen LogP contribution < -0.4 is 5.19 Å². The van der Waals surface area contributed by atoms with Gasteiger partial charge in [-0.05, 0) is 40.6 Å². The summed E-state index contributed by atoms with van der Waals surface area (Å²) >= 11 is 0. The maximum Gasteiger partial charge on any atom is 0.460 e. The minimum Gasteiger partial charge on any atom is -0.394 e. The molecule has 1 aliphatic rings. The number of carbonyl (C=O) groups excluding carboxylic acids is 1. The van der Waals surface area contributed by atoms with Crippen LogP contribution in [0.15, 0.2) is 78.9 Å². The molecule has 34 heavy (non-hydrogen) atoms. The van der Waals surface area contributed by atoms with Crippen LogP contribution in [-0.2, 0) is 9.22 Å². The van der Waals surface area contributed by atoms with E-state index in [2.05, 4.69) is 0 Å². The second-order valence-corrected chi connectivity index (χ2v) is 8.22. The van der Waals surface area contributed by atoms with Crippen LogP contribution in [0.4, 0.5) is 39.5 Å². The van der Waals surface area contributed by atoms with Crippen LogP contribution in [0, 0.1) is 0 Å². The summed E-state index contributed by atoms with van der Waals surface area (Å²) in [6, 6.07) is 14.7. The number of rotatable bonds is 7. The summed E-state index contributed by atoms with van der Waals surface area (Å²) < 4.78 is 127. The van der Waals surface area contributed by atoms with E-state index >= 15 is 0 Å². The van der Waals surface area contributed by atoms with Gasteiger partial charge in [0, 0.05) is 0 Å². The number of carbonyl (C=O) groups is 1. The van der Waals surface area contributed by atoms with Gasteiger partial charge >= 0.3 is 23.9 Å². The van der Waals surface area contributed by atoms with Gasteiger partial charge in [0.15, 0.2) is 11.4 Å². The molecule has 0 amide bonds. The number of halogens is 9. The van der Waals surface area contributed by atoms with Crippen LogP contribution in [0.1, 0.15) is 0 Å². The molecule has 2 aromatic carbocycles. The number of allylic oxidation sites excluding steroid dienone is 2. The highest BCUT2D eigenvalue weighted by Gasteiger charge is 2.85. The van der Waals surface area contributed by atoms with E-state index in [4.69, 9.17) is 4.43 Å². The second-order valence-electron chi connectivity index (χ2n) is 7.23. The van der Waals surface area contributed by atoms with Gasteiger partial charge in [-0.15, -0.1) is 0 Å². The van der Waals surface area contributed by atoms with Crippen LogP contribution in [0.2, 0.25) is 0 Å². The van der Waals surface area contributed by atoms with E-state index in [1.165, 1.54) is 12.1 Å². The fraction of sp³-hybridized carbons (Fsp3) is 0.227. The molecule has 0 atom stereocenters. The fourth-order valence-electron chi connectivity index (χ4n) is 2.99. The van der Waals surface area contributed by atoms with E-state index in [9.17, 15) is 44.3 Å². The maximum atomic E-state index is 14.8. The Kier molecular flexibility index (Phi) is 6.61. The van der Waals surface area contributed by atoms with E-state index in [-0.39, 0.29) is 17.3 Å². The molecule has 0 spiro atoms. The lowest BCUT2D eigenvalue weighted by molar-refractivity contribution is -0.407. The lowest BCUT2D eigenvalue weighted by Crippen LogP contribution is -2.68. The van der Waals surface area contributed by atoms with E-state index in [1.54, 1.807) is 42.5 Å². The highest BCUT2D eigenvalue weighted by molar-refractivity contribution is 6.47. The third kappa shape index (κ3) is 4.31. The van der Waals surface area contributed by atoms with Crippen molar-refractivity contribution < 1.29 is 48.7 Å². The lowest BCUT2D eigenvalue weighted by Gasteiger charge is -2.43. The van der Waals surface area contributed by atoms with Crippen molar-refractivity contribution in [2.45, 2.75) is 29.5 Å². The monoisotopic (exact) mass is 508 g/mol. The zero-order valence-electron chi connectivity index (χ0n) is 16.7. The Balaban J connectivity index is 1.93. The predicted molar refractivity (Wildman–Crippen MR) is 105 cm³/mol. The van der Waals surface area contributed by atoms with Crippen molar-refractivity contribution in [3.63, 3.8) is 0 Å². The van der Waals surface area contributed by atoms with E-state index in [1.807, 2.05) is 0 Å². The molecule has 0 N–H and O–H groups in total. The minimum absolute atomic E-state index is 0.0566. The molecule has 1 aliphatic carbocycles. The van der Waals surface area contributed by atoms with Gasteiger partial charge in [-0.25, -0.2) is 0 Å². The summed E-state index contributed by atoms with van der Waals surface area (Å²) in [5, 5.41) is 0.152. The quantitative estimate of drug-likeness (QED) is 0.364. The molecule has 0 unspecified atom stereocenters. The van der Waals surface area contributed by atoms with Crippen molar-refractivity contribution in [2.24, 2.45) is 0 Å². The zero-order chi connectivity index (χ0) is 25.4. The molecule has 0 saturated heterocycles. The first-order chi connectivity index (χ1) is 15.6. The molecule has 0 aromatic heterocycles. The molecule has 0 saturated carbocycles. The third-order valence-electron chi connectivity index (χ3n) is 4.96. The second kappa shape index (κ2) is 8.73. The van der Waals surface area contributed by atoms with E-state index in [0.29, 0.717) is 17.7 Å². The molecule has 3 rings (SSSR count). The highest BCUT2D eigenvalue weighted by atomic mass is 28.2. The zero-order valence-corrected chi connectivity index (χ0v) is 17.7. The first-order valence-electron chi connectivity index (χ1n) is 9.37. The average Bonchev–Trinajstić information content (AvgIpc) is 2.78. The smallest absolute Gasteiger partial charge is 0.394 e. The topological polar surface area (TPSA) is 26.3 Å². The fourth-order valence-corrected chi connectivity index (χ4v) is 3.84. The van der Waals surface area contributed by atoms with Gasteiger partial charge in [0.1, 0.15) is 0 Å². The van der Waals surface area contributed by atoms with Gasteiger partial charge in [-0.3, -0.25) is 4.79 Å². The Morgan fingerprint density at radius 3 is 1.68 bits per heavy atom. The number of ketones is 1. The molecular weight excluding hydrogens is 495 g/mol. The van der Waals surface area contributed by atoms with Crippen LogP contribution in [0.5, 0.6) is 0 Å². The van der Waals surface area contributed by atoms with Gasteiger partial charge in [0.25, 0.3) is 9.76 Å². The summed E-state index contributed by atoms with van der Waals surface area (Å²) in [5.41, 5.74) is -2.25. The molecule has 2 aromatic rings. The normalized spacial score (nSPS) is 16.7. The molecule has 0 heterocycles. The molecular formula is C22H13F9O2Si. The molecule has 180 valence electrons. The molecule has 0 fully saturated rings. The van der Waals surface area contributed by atoms with Crippen molar-refractivity contribution in [1.82, 2.24) is 0 Å². The average molecular weight is 508 g/mol. The highest BCUT2D eigenvalue weighted by Crippen LogP contribution is 2.57. The predicted octanol–water partition coefficient (Wildman–Crippen LogP) is 5.52. The van der Waals surface area contributed by atoms with Crippen molar-refractivity contribution >= 4 is 20.7 Å². The molecule has 2 radical (unpaired) electrons. The van der Waals surface area contributed by atoms with Crippen LogP contribution in [-0.4, -0.2) is 45.1 Å². The van der Waals surface area contributed by atoms with Crippen LogP contribution in [0.3, 0.4) is 0 Å². The van der Waals surface area contributed by atoms with Gasteiger partial charge in [-0.1, -0.05) is 54.6 Å². The summed E-state index contributed by atoms with van der Waals surface area (Å²) in [7, 11) is -1.18. The number of benzene rings is 2. The summed E-state index contributed by atoms with van der Waals surface area (Å²) in [4.78, 5) is 11.3. The maximum absolute atomic E-state index is 14.8.